The highest BCUT2D eigenvalue weighted by Crippen LogP contribution is 2.18. The molecule has 0 aliphatic carbocycles. The Morgan fingerprint density at radius 2 is 1.84 bits per heavy atom. The highest BCUT2D eigenvalue weighted by molar-refractivity contribution is 5.86. The van der Waals surface area contributed by atoms with Crippen LogP contribution in [0.1, 0.15) is 10.4 Å². The van der Waals surface area contributed by atoms with E-state index >= 15 is 0 Å². The Labute approximate surface area is 109 Å². The van der Waals surface area contributed by atoms with E-state index in [-0.39, 0.29) is 12.2 Å². The van der Waals surface area contributed by atoms with Gasteiger partial charge < -0.3 is 35.3 Å². The van der Waals surface area contributed by atoms with Crippen LogP contribution >= 0.6 is 0 Å². The molecule has 1 fully saturated rings. The Morgan fingerprint density at radius 1 is 1.21 bits per heavy atom. The summed E-state index contributed by atoms with van der Waals surface area (Å²) in [5.74, 6) is -1.28. The second-order valence-electron chi connectivity index (χ2n) is 4.31. The van der Waals surface area contributed by atoms with Gasteiger partial charge in [-0.3, -0.25) is 0 Å². The third-order valence-electron chi connectivity index (χ3n) is 2.93. The average molecular weight is 268 g/mol. The summed E-state index contributed by atoms with van der Waals surface area (Å²) in [5, 5.41) is 41.9. The van der Waals surface area contributed by atoms with Gasteiger partial charge in [0.25, 0.3) is 0 Å². The third-order valence-corrected chi connectivity index (χ3v) is 2.93. The summed E-state index contributed by atoms with van der Waals surface area (Å²) in [6, 6.07) is 5.66. The maximum absolute atomic E-state index is 10.6. The van der Waals surface area contributed by atoms with Crippen molar-refractivity contribution in [1.29, 1.82) is 0 Å². The number of anilines is 1. The van der Waals surface area contributed by atoms with Crippen molar-refractivity contribution in [2.24, 2.45) is 0 Å². The Bertz CT molecular complexity index is 448. The summed E-state index contributed by atoms with van der Waals surface area (Å²) in [6.07, 6.45) is -4.60. The number of benzene rings is 1. The van der Waals surface area contributed by atoms with Crippen LogP contribution in [0.3, 0.4) is 0 Å². The van der Waals surface area contributed by atoms with E-state index in [1.165, 1.54) is 24.3 Å². The first-order valence-corrected chi connectivity index (χ1v) is 5.73. The number of carboxylic acid groups (broad SMARTS) is 1. The Hall–Kier alpha value is -1.67. The van der Waals surface area contributed by atoms with Gasteiger partial charge in [0.1, 0.15) is 18.3 Å². The van der Waals surface area contributed by atoms with Gasteiger partial charge in [0, 0.05) is 5.69 Å². The van der Waals surface area contributed by atoms with Gasteiger partial charge in [-0.15, -0.1) is 0 Å². The van der Waals surface area contributed by atoms with Crippen LogP contribution in [0.25, 0.3) is 0 Å². The lowest BCUT2D eigenvalue weighted by atomic mass is 10.0. The van der Waals surface area contributed by atoms with Crippen LogP contribution in [0.5, 0.6) is 0 Å². The minimum Gasteiger partial charge on any atom is -0.545 e. The molecule has 1 aliphatic rings. The minimum atomic E-state index is -1.30. The van der Waals surface area contributed by atoms with E-state index in [4.69, 9.17) is 4.74 Å². The summed E-state index contributed by atoms with van der Waals surface area (Å²) < 4.78 is 5.15. The molecule has 1 aliphatic heterocycles. The second kappa shape index (κ2) is 5.54. The molecular weight excluding hydrogens is 254 g/mol. The first-order valence-electron chi connectivity index (χ1n) is 5.73. The Morgan fingerprint density at radius 3 is 2.42 bits per heavy atom. The monoisotopic (exact) mass is 268 g/mol. The van der Waals surface area contributed by atoms with Gasteiger partial charge in [-0.05, 0) is 17.7 Å². The number of ether oxygens (including phenoxy) is 1. The Balaban J connectivity index is 2.03. The van der Waals surface area contributed by atoms with Gasteiger partial charge in [-0.25, -0.2) is 0 Å². The smallest absolute Gasteiger partial charge is 0.156 e. The number of rotatable bonds is 3. The molecule has 4 atom stereocenters. The second-order valence-corrected chi connectivity index (χ2v) is 4.31. The van der Waals surface area contributed by atoms with Crippen molar-refractivity contribution in [2.45, 2.75) is 24.5 Å². The molecule has 19 heavy (non-hydrogen) atoms. The third kappa shape index (κ3) is 3.02. The molecule has 0 radical (unpaired) electrons. The fraction of sp³-hybridized carbons (Fsp3) is 0.417. The molecule has 0 spiro atoms. The SMILES string of the molecule is O=C([O-])c1ccc(N[C@H]2OC[C@H](O)[C@@H](O)[C@@H]2O)cc1. The molecule has 1 aromatic rings. The van der Waals surface area contributed by atoms with Crippen molar-refractivity contribution >= 4 is 11.7 Å². The number of carbonyl (C=O) groups excluding carboxylic acids is 1. The zero-order chi connectivity index (χ0) is 14.0. The highest BCUT2D eigenvalue weighted by Gasteiger charge is 2.37. The molecule has 1 heterocycles. The van der Waals surface area contributed by atoms with E-state index in [0.29, 0.717) is 5.69 Å². The van der Waals surface area contributed by atoms with E-state index in [1.807, 2.05) is 0 Å². The predicted molar refractivity (Wildman–Crippen MR) is 62.2 cm³/mol. The summed E-state index contributed by atoms with van der Waals surface area (Å²) in [7, 11) is 0. The number of carbonyl (C=O) groups is 1. The average Bonchev–Trinajstić information content (AvgIpc) is 2.40. The molecule has 0 saturated carbocycles. The predicted octanol–water partition coefficient (Wildman–Crippen LogP) is -2.10. The van der Waals surface area contributed by atoms with Gasteiger partial charge in [-0.1, -0.05) is 12.1 Å². The number of hydrogen-bond donors (Lipinski definition) is 4. The molecule has 104 valence electrons. The number of hydrogen-bond acceptors (Lipinski definition) is 7. The van der Waals surface area contributed by atoms with Crippen molar-refractivity contribution in [1.82, 2.24) is 0 Å². The lowest BCUT2D eigenvalue weighted by Crippen LogP contribution is -2.55. The van der Waals surface area contributed by atoms with E-state index in [0.717, 1.165) is 0 Å². The molecule has 0 unspecified atom stereocenters. The maximum Gasteiger partial charge on any atom is 0.156 e. The van der Waals surface area contributed by atoms with Crippen molar-refractivity contribution < 1.29 is 30.0 Å². The lowest BCUT2D eigenvalue weighted by molar-refractivity contribution is -0.255. The number of aromatic carboxylic acids is 1. The number of aliphatic hydroxyl groups is 3. The summed E-state index contributed by atoms with van der Waals surface area (Å²) in [5.41, 5.74) is 0.545. The topological polar surface area (TPSA) is 122 Å². The molecule has 2 rings (SSSR count). The molecule has 7 nitrogen and oxygen atoms in total. The summed E-state index contributed by atoms with van der Waals surface area (Å²) in [4.78, 5) is 10.6. The van der Waals surface area contributed by atoms with Crippen LogP contribution in [0, 0.1) is 0 Å². The van der Waals surface area contributed by atoms with Gasteiger partial charge in [0.2, 0.25) is 0 Å². The van der Waals surface area contributed by atoms with Gasteiger partial charge >= 0.3 is 0 Å². The van der Waals surface area contributed by atoms with E-state index in [9.17, 15) is 25.2 Å². The standard InChI is InChI=1S/C12H15NO6/c14-8-5-19-11(10(16)9(8)15)13-7-3-1-6(2-4-7)12(17)18/h1-4,8-11,13-16H,5H2,(H,17,18)/p-1/t8-,9+,10-,11-/m0/s1. The van der Waals surface area contributed by atoms with E-state index in [2.05, 4.69) is 5.32 Å². The van der Waals surface area contributed by atoms with E-state index in [1.54, 1.807) is 0 Å². The zero-order valence-corrected chi connectivity index (χ0v) is 9.89. The van der Waals surface area contributed by atoms with Crippen molar-refractivity contribution in [3.8, 4) is 0 Å². The maximum atomic E-state index is 10.6. The van der Waals surface area contributed by atoms with Crippen LogP contribution < -0.4 is 10.4 Å². The van der Waals surface area contributed by atoms with Crippen LogP contribution in [-0.2, 0) is 4.74 Å². The van der Waals surface area contributed by atoms with Crippen molar-refractivity contribution in [3.63, 3.8) is 0 Å². The quantitative estimate of drug-likeness (QED) is 0.495. The van der Waals surface area contributed by atoms with Gasteiger partial charge in [0.05, 0.1) is 12.6 Å². The van der Waals surface area contributed by atoms with Gasteiger partial charge in [-0.2, -0.15) is 0 Å². The number of aliphatic hydroxyl groups excluding tert-OH is 3. The largest absolute Gasteiger partial charge is 0.545 e. The fourth-order valence-corrected chi connectivity index (χ4v) is 1.80. The lowest BCUT2D eigenvalue weighted by Gasteiger charge is -2.35. The molecule has 1 aromatic carbocycles. The minimum absolute atomic E-state index is 0.0334. The molecule has 7 heteroatoms. The normalized spacial score (nSPS) is 30.9. The number of nitrogens with one attached hydrogen (secondary N) is 1. The molecule has 1 saturated heterocycles. The molecule has 0 aromatic heterocycles. The first kappa shape index (κ1) is 13.8. The summed E-state index contributed by atoms with van der Waals surface area (Å²) in [6.45, 7) is -0.104. The summed E-state index contributed by atoms with van der Waals surface area (Å²) >= 11 is 0. The van der Waals surface area contributed by atoms with Crippen LogP contribution in [0.15, 0.2) is 24.3 Å². The van der Waals surface area contributed by atoms with Gasteiger partial charge in [0.15, 0.2) is 6.23 Å². The van der Waals surface area contributed by atoms with Crippen molar-refractivity contribution in [3.05, 3.63) is 29.8 Å². The Kier molecular flexibility index (Phi) is 4.01. The molecule has 0 amide bonds. The van der Waals surface area contributed by atoms with Crippen LogP contribution in [0.4, 0.5) is 5.69 Å². The number of carboxylic acids is 1. The highest BCUT2D eigenvalue weighted by atomic mass is 16.5. The molecule has 4 N–H and O–H groups in total. The fourth-order valence-electron chi connectivity index (χ4n) is 1.80. The van der Waals surface area contributed by atoms with Crippen LogP contribution in [0.2, 0.25) is 0 Å². The molecule has 0 bridgehead atoms. The first-order chi connectivity index (χ1) is 8.99. The van der Waals surface area contributed by atoms with Crippen molar-refractivity contribution in [2.75, 3.05) is 11.9 Å². The van der Waals surface area contributed by atoms with E-state index < -0.39 is 30.5 Å². The zero-order valence-electron chi connectivity index (χ0n) is 9.89. The van der Waals surface area contributed by atoms with Crippen LogP contribution in [-0.4, -0.2) is 52.4 Å². The molecular formula is C12H14NO6-.